The summed E-state index contributed by atoms with van der Waals surface area (Å²) in [5.74, 6) is 0.863. The van der Waals surface area contributed by atoms with E-state index >= 15 is 0 Å². The second kappa shape index (κ2) is 6.00. The molecule has 16 heavy (non-hydrogen) atoms. The highest BCUT2D eigenvalue weighted by Gasteiger charge is 1.98. The molecule has 4 heteroatoms. The minimum atomic E-state index is -0.486. The van der Waals surface area contributed by atoms with Crippen molar-refractivity contribution in [3.8, 4) is 5.75 Å². The third-order valence-corrected chi connectivity index (χ3v) is 2.01. The van der Waals surface area contributed by atoms with Crippen molar-refractivity contribution >= 4 is 6.03 Å². The average molecular weight is 222 g/mol. The number of benzene rings is 1. The van der Waals surface area contributed by atoms with Gasteiger partial charge in [-0.05, 0) is 38.0 Å². The first kappa shape index (κ1) is 12.4. The molecule has 0 aromatic heterocycles. The van der Waals surface area contributed by atoms with Gasteiger partial charge in [0.1, 0.15) is 5.75 Å². The van der Waals surface area contributed by atoms with E-state index in [0.29, 0.717) is 6.54 Å². The van der Waals surface area contributed by atoms with Crippen molar-refractivity contribution in [2.24, 2.45) is 5.73 Å². The quantitative estimate of drug-likeness (QED) is 0.796. The molecule has 0 bridgehead atoms. The first-order valence-corrected chi connectivity index (χ1v) is 5.37. The van der Waals surface area contributed by atoms with Crippen molar-refractivity contribution in [2.75, 3.05) is 6.54 Å². The number of primary amides is 1. The Morgan fingerprint density at radius 3 is 2.50 bits per heavy atom. The van der Waals surface area contributed by atoms with Gasteiger partial charge in [-0.15, -0.1) is 0 Å². The number of rotatable bonds is 5. The monoisotopic (exact) mass is 222 g/mol. The second-order valence-electron chi connectivity index (χ2n) is 3.85. The van der Waals surface area contributed by atoms with E-state index in [2.05, 4.69) is 5.32 Å². The van der Waals surface area contributed by atoms with E-state index in [9.17, 15) is 4.79 Å². The molecule has 0 radical (unpaired) electrons. The van der Waals surface area contributed by atoms with Crippen LogP contribution in [0.5, 0.6) is 5.75 Å². The van der Waals surface area contributed by atoms with Crippen LogP contribution < -0.4 is 15.8 Å². The molecule has 0 atom stereocenters. The van der Waals surface area contributed by atoms with Crippen LogP contribution in [0.1, 0.15) is 19.4 Å². The summed E-state index contributed by atoms with van der Waals surface area (Å²) in [5, 5.41) is 2.55. The number of carbonyl (C=O) groups is 1. The lowest BCUT2D eigenvalue weighted by Crippen LogP contribution is -2.30. The summed E-state index contributed by atoms with van der Waals surface area (Å²) in [4.78, 5) is 10.5. The number of hydrogen-bond acceptors (Lipinski definition) is 2. The molecule has 4 nitrogen and oxygen atoms in total. The Balaban J connectivity index is 2.42. The third-order valence-electron chi connectivity index (χ3n) is 2.01. The molecule has 3 N–H and O–H groups in total. The smallest absolute Gasteiger partial charge is 0.312 e. The highest BCUT2D eigenvalue weighted by Crippen LogP contribution is 2.13. The molecule has 0 fully saturated rings. The van der Waals surface area contributed by atoms with E-state index in [0.717, 1.165) is 17.7 Å². The van der Waals surface area contributed by atoms with E-state index in [-0.39, 0.29) is 6.10 Å². The summed E-state index contributed by atoms with van der Waals surface area (Å²) >= 11 is 0. The van der Waals surface area contributed by atoms with Crippen molar-refractivity contribution in [3.63, 3.8) is 0 Å². The second-order valence-corrected chi connectivity index (χ2v) is 3.85. The number of urea groups is 1. The topological polar surface area (TPSA) is 64.3 Å². The molecule has 2 amide bonds. The summed E-state index contributed by atoms with van der Waals surface area (Å²) in [6, 6.07) is 7.35. The van der Waals surface area contributed by atoms with Gasteiger partial charge in [0.15, 0.2) is 0 Å². The lowest BCUT2D eigenvalue weighted by atomic mass is 10.1. The molecule has 0 saturated carbocycles. The molecule has 0 aliphatic heterocycles. The van der Waals surface area contributed by atoms with Gasteiger partial charge < -0.3 is 15.8 Å². The zero-order chi connectivity index (χ0) is 12.0. The summed E-state index contributed by atoms with van der Waals surface area (Å²) in [6.07, 6.45) is 0.952. The molecule has 0 spiro atoms. The minimum Gasteiger partial charge on any atom is -0.491 e. The number of ether oxygens (including phenoxy) is 1. The number of carbonyl (C=O) groups excluding carboxylic acids is 1. The van der Waals surface area contributed by atoms with Gasteiger partial charge in [0.25, 0.3) is 0 Å². The van der Waals surface area contributed by atoms with Gasteiger partial charge in [0.2, 0.25) is 0 Å². The molecule has 0 aliphatic carbocycles. The standard InChI is InChI=1S/C12H18N2O2/c1-9(2)16-11-5-3-10(4-6-11)7-8-14-12(13)15/h3-6,9H,7-8H2,1-2H3,(H3,13,14,15). The SMILES string of the molecule is CC(C)Oc1ccc(CCNC(N)=O)cc1. The lowest BCUT2D eigenvalue weighted by molar-refractivity contribution is 0.242. The van der Waals surface area contributed by atoms with Crippen LogP contribution in [0.3, 0.4) is 0 Å². The Hall–Kier alpha value is -1.71. The Morgan fingerprint density at radius 1 is 1.38 bits per heavy atom. The van der Waals surface area contributed by atoms with Gasteiger partial charge in [-0.25, -0.2) is 4.79 Å². The van der Waals surface area contributed by atoms with E-state index in [4.69, 9.17) is 10.5 Å². The number of hydrogen-bond donors (Lipinski definition) is 2. The van der Waals surface area contributed by atoms with Crippen molar-refractivity contribution in [3.05, 3.63) is 29.8 Å². The van der Waals surface area contributed by atoms with Crippen molar-refractivity contribution < 1.29 is 9.53 Å². The highest BCUT2D eigenvalue weighted by atomic mass is 16.5. The molecular formula is C12H18N2O2. The summed E-state index contributed by atoms with van der Waals surface area (Å²) < 4.78 is 5.52. The maximum absolute atomic E-state index is 10.5. The predicted molar refractivity (Wildman–Crippen MR) is 63.5 cm³/mol. The molecule has 88 valence electrons. The normalized spacial score (nSPS) is 10.2. The molecule has 0 aliphatic rings. The van der Waals surface area contributed by atoms with E-state index in [1.807, 2.05) is 38.1 Å². The number of nitrogens with two attached hydrogens (primary N) is 1. The minimum absolute atomic E-state index is 0.183. The molecule has 0 heterocycles. The van der Waals surface area contributed by atoms with Gasteiger partial charge in [-0.3, -0.25) is 0 Å². The predicted octanol–water partition coefficient (Wildman–Crippen LogP) is 1.68. The lowest BCUT2D eigenvalue weighted by Gasteiger charge is -2.10. The van der Waals surface area contributed by atoms with Gasteiger partial charge in [-0.1, -0.05) is 12.1 Å². The van der Waals surface area contributed by atoms with E-state index in [1.165, 1.54) is 0 Å². The van der Waals surface area contributed by atoms with E-state index in [1.54, 1.807) is 0 Å². The van der Waals surface area contributed by atoms with E-state index < -0.39 is 6.03 Å². The van der Waals surface area contributed by atoms with Crippen LogP contribution in [-0.2, 0) is 6.42 Å². The maximum atomic E-state index is 10.5. The first-order chi connectivity index (χ1) is 7.58. The molecule has 1 aromatic rings. The fourth-order valence-electron chi connectivity index (χ4n) is 1.34. The largest absolute Gasteiger partial charge is 0.491 e. The van der Waals surface area contributed by atoms with Crippen molar-refractivity contribution in [1.82, 2.24) is 5.32 Å². The third kappa shape index (κ3) is 4.68. The Morgan fingerprint density at radius 2 is 2.00 bits per heavy atom. The van der Waals surface area contributed by atoms with Gasteiger partial charge >= 0.3 is 6.03 Å². The first-order valence-electron chi connectivity index (χ1n) is 5.37. The summed E-state index contributed by atoms with van der Waals surface area (Å²) in [5.41, 5.74) is 6.11. The number of nitrogens with one attached hydrogen (secondary N) is 1. The Bertz CT molecular complexity index is 333. The Kier molecular flexibility index (Phi) is 4.64. The van der Waals surface area contributed by atoms with Crippen LogP contribution in [0.25, 0.3) is 0 Å². The number of amides is 2. The Labute approximate surface area is 95.8 Å². The van der Waals surface area contributed by atoms with Crippen molar-refractivity contribution in [1.29, 1.82) is 0 Å². The van der Waals surface area contributed by atoms with Gasteiger partial charge in [0.05, 0.1) is 6.10 Å². The van der Waals surface area contributed by atoms with Crippen molar-refractivity contribution in [2.45, 2.75) is 26.4 Å². The molecule has 0 unspecified atom stereocenters. The zero-order valence-electron chi connectivity index (χ0n) is 9.69. The van der Waals surface area contributed by atoms with Crippen LogP contribution >= 0.6 is 0 Å². The fraction of sp³-hybridized carbons (Fsp3) is 0.417. The summed E-state index contributed by atoms with van der Waals surface area (Å²) in [7, 11) is 0. The fourth-order valence-corrected chi connectivity index (χ4v) is 1.34. The van der Waals surface area contributed by atoms with Gasteiger partial charge in [0, 0.05) is 6.54 Å². The van der Waals surface area contributed by atoms with Gasteiger partial charge in [-0.2, -0.15) is 0 Å². The molecule has 0 saturated heterocycles. The molecule has 1 aromatic carbocycles. The highest BCUT2D eigenvalue weighted by molar-refractivity contribution is 5.71. The molecular weight excluding hydrogens is 204 g/mol. The van der Waals surface area contributed by atoms with Crippen LogP contribution in [0.2, 0.25) is 0 Å². The zero-order valence-corrected chi connectivity index (χ0v) is 9.69. The summed E-state index contributed by atoms with van der Waals surface area (Å²) in [6.45, 7) is 4.54. The van der Waals surface area contributed by atoms with Crippen LogP contribution in [0.4, 0.5) is 4.79 Å². The maximum Gasteiger partial charge on any atom is 0.312 e. The molecule has 1 rings (SSSR count). The van der Waals surface area contributed by atoms with Crippen LogP contribution in [0, 0.1) is 0 Å². The van der Waals surface area contributed by atoms with Crippen LogP contribution in [0.15, 0.2) is 24.3 Å². The van der Waals surface area contributed by atoms with Crippen LogP contribution in [-0.4, -0.2) is 18.7 Å². The average Bonchev–Trinajstić information content (AvgIpc) is 2.19.